The van der Waals surface area contributed by atoms with Crippen molar-refractivity contribution < 1.29 is 19.0 Å². The Bertz CT molecular complexity index is 772. The Balaban J connectivity index is 1.91. The van der Waals surface area contributed by atoms with E-state index in [4.69, 9.17) is 14.2 Å². The van der Waals surface area contributed by atoms with Crippen molar-refractivity contribution in [2.45, 2.75) is 19.8 Å². The van der Waals surface area contributed by atoms with E-state index in [0.29, 0.717) is 28.7 Å². The van der Waals surface area contributed by atoms with E-state index in [1.807, 2.05) is 24.3 Å². The molecular formula is C20H24N2O4. The highest BCUT2D eigenvalue weighted by atomic mass is 16.5. The Labute approximate surface area is 153 Å². The molecular weight excluding hydrogens is 332 g/mol. The summed E-state index contributed by atoms with van der Waals surface area (Å²) in [6.07, 6.45) is 1.50. The summed E-state index contributed by atoms with van der Waals surface area (Å²) in [5.74, 6) is 2.01. The summed E-state index contributed by atoms with van der Waals surface area (Å²) in [5.41, 5.74) is 4.29. The summed E-state index contributed by atoms with van der Waals surface area (Å²) in [6, 6.07) is 13.0. The summed E-state index contributed by atoms with van der Waals surface area (Å²) in [7, 11) is 3.15. The van der Waals surface area contributed by atoms with E-state index >= 15 is 0 Å². The van der Waals surface area contributed by atoms with Gasteiger partial charge in [0.2, 0.25) is 0 Å². The highest BCUT2D eigenvalue weighted by molar-refractivity contribution is 5.86. The Morgan fingerprint density at radius 1 is 1.12 bits per heavy atom. The Hall–Kier alpha value is -3.02. The fourth-order valence-corrected chi connectivity index (χ4v) is 2.26. The van der Waals surface area contributed by atoms with Gasteiger partial charge in [-0.25, -0.2) is 5.43 Å². The van der Waals surface area contributed by atoms with Gasteiger partial charge < -0.3 is 14.2 Å². The van der Waals surface area contributed by atoms with Crippen LogP contribution in [0.2, 0.25) is 0 Å². The van der Waals surface area contributed by atoms with Crippen LogP contribution >= 0.6 is 0 Å². The zero-order valence-electron chi connectivity index (χ0n) is 15.5. The number of rotatable bonds is 8. The van der Waals surface area contributed by atoms with Crippen LogP contribution in [0.15, 0.2) is 47.6 Å². The zero-order valence-corrected chi connectivity index (χ0v) is 15.5. The van der Waals surface area contributed by atoms with Gasteiger partial charge in [-0.15, -0.1) is 0 Å². The lowest BCUT2D eigenvalue weighted by atomic mass is 10.0. The molecule has 6 heteroatoms. The third kappa shape index (κ3) is 5.51. The van der Waals surface area contributed by atoms with Crippen LogP contribution in [-0.2, 0) is 4.79 Å². The van der Waals surface area contributed by atoms with Crippen LogP contribution in [0.25, 0.3) is 0 Å². The second-order valence-electron chi connectivity index (χ2n) is 5.92. The average Bonchev–Trinajstić information content (AvgIpc) is 2.66. The molecule has 0 saturated carbocycles. The molecule has 6 nitrogen and oxygen atoms in total. The van der Waals surface area contributed by atoms with Crippen LogP contribution in [0.1, 0.15) is 30.9 Å². The number of ether oxygens (including phenoxy) is 3. The van der Waals surface area contributed by atoms with Gasteiger partial charge in [0.15, 0.2) is 6.61 Å². The molecule has 2 aromatic carbocycles. The molecule has 0 unspecified atom stereocenters. The summed E-state index contributed by atoms with van der Waals surface area (Å²) in [6.45, 7) is 4.09. The van der Waals surface area contributed by atoms with E-state index in [9.17, 15) is 4.79 Å². The second-order valence-corrected chi connectivity index (χ2v) is 5.92. The number of nitrogens with one attached hydrogen (secondary N) is 1. The summed E-state index contributed by atoms with van der Waals surface area (Å²) >= 11 is 0. The lowest BCUT2D eigenvalue weighted by molar-refractivity contribution is -0.123. The van der Waals surface area contributed by atoms with Crippen molar-refractivity contribution in [1.82, 2.24) is 5.43 Å². The van der Waals surface area contributed by atoms with Crippen molar-refractivity contribution in [1.29, 1.82) is 0 Å². The number of carbonyl (C=O) groups excluding carboxylic acids is 1. The number of benzene rings is 2. The standard InChI is InChI=1S/C20H24N2O4/c1-14(2)15-6-5-7-18(10-15)26-13-20(23)22-21-12-16-11-17(24-3)8-9-19(16)25-4/h5-12,14H,13H2,1-4H3,(H,22,23)/b21-12+. The molecule has 0 heterocycles. The number of hydrogen-bond donors (Lipinski definition) is 1. The number of nitrogens with zero attached hydrogens (tertiary/aromatic N) is 1. The SMILES string of the molecule is COc1ccc(OC)c(/C=N/NC(=O)COc2cccc(C(C)C)c2)c1. The molecule has 0 fully saturated rings. The maximum atomic E-state index is 11.9. The number of hydrazone groups is 1. The minimum atomic E-state index is -0.349. The number of methoxy groups -OCH3 is 2. The molecule has 0 aromatic heterocycles. The molecule has 0 atom stereocenters. The van der Waals surface area contributed by atoms with Crippen molar-refractivity contribution >= 4 is 12.1 Å². The average molecular weight is 356 g/mol. The quantitative estimate of drug-likeness (QED) is 0.582. The number of amides is 1. The first-order valence-electron chi connectivity index (χ1n) is 8.30. The molecule has 0 spiro atoms. The predicted molar refractivity (Wildman–Crippen MR) is 101 cm³/mol. The van der Waals surface area contributed by atoms with Crippen LogP contribution in [0.3, 0.4) is 0 Å². The van der Waals surface area contributed by atoms with E-state index in [1.54, 1.807) is 32.4 Å². The summed E-state index contributed by atoms with van der Waals surface area (Å²) in [4.78, 5) is 11.9. The molecule has 0 bridgehead atoms. The molecule has 26 heavy (non-hydrogen) atoms. The molecule has 1 amide bonds. The minimum Gasteiger partial charge on any atom is -0.497 e. The first-order chi connectivity index (χ1) is 12.5. The molecule has 138 valence electrons. The van der Waals surface area contributed by atoms with Gasteiger partial charge in [0.05, 0.1) is 20.4 Å². The lowest BCUT2D eigenvalue weighted by Gasteiger charge is -2.09. The van der Waals surface area contributed by atoms with Gasteiger partial charge in [0, 0.05) is 5.56 Å². The largest absolute Gasteiger partial charge is 0.497 e. The van der Waals surface area contributed by atoms with Gasteiger partial charge in [-0.1, -0.05) is 26.0 Å². The molecule has 2 aromatic rings. The second kappa shape index (κ2) is 9.46. The number of hydrogen-bond acceptors (Lipinski definition) is 5. The number of carbonyl (C=O) groups is 1. The molecule has 0 aliphatic rings. The smallest absolute Gasteiger partial charge is 0.277 e. The zero-order chi connectivity index (χ0) is 18.9. The molecule has 0 radical (unpaired) electrons. The van der Waals surface area contributed by atoms with E-state index < -0.39 is 0 Å². The maximum Gasteiger partial charge on any atom is 0.277 e. The topological polar surface area (TPSA) is 69.2 Å². The van der Waals surface area contributed by atoms with Crippen LogP contribution in [0.5, 0.6) is 17.2 Å². The van der Waals surface area contributed by atoms with Gasteiger partial charge in [0.25, 0.3) is 5.91 Å². The predicted octanol–water partition coefficient (Wildman–Crippen LogP) is 3.36. The Morgan fingerprint density at radius 2 is 1.92 bits per heavy atom. The van der Waals surface area contributed by atoms with E-state index in [1.165, 1.54) is 6.21 Å². The van der Waals surface area contributed by atoms with Crippen molar-refractivity contribution in [3.8, 4) is 17.2 Å². The molecule has 0 aliphatic heterocycles. The highest BCUT2D eigenvalue weighted by Gasteiger charge is 2.05. The van der Waals surface area contributed by atoms with Gasteiger partial charge in [-0.2, -0.15) is 5.10 Å². The first-order valence-corrected chi connectivity index (χ1v) is 8.30. The van der Waals surface area contributed by atoms with Gasteiger partial charge in [-0.05, 0) is 41.8 Å². The lowest BCUT2D eigenvalue weighted by Crippen LogP contribution is -2.24. The molecule has 0 aliphatic carbocycles. The normalized spacial score (nSPS) is 10.8. The van der Waals surface area contributed by atoms with E-state index in [2.05, 4.69) is 24.4 Å². The maximum absolute atomic E-state index is 11.9. The van der Waals surface area contributed by atoms with E-state index in [0.717, 1.165) is 5.56 Å². The Kier molecular flexibility index (Phi) is 7.02. The summed E-state index contributed by atoms with van der Waals surface area (Å²) in [5, 5.41) is 3.94. The molecule has 2 rings (SSSR count). The van der Waals surface area contributed by atoms with Crippen LogP contribution in [0, 0.1) is 0 Å². The molecule has 0 saturated heterocycles. The van der Waals surface area contributed by atoms with Crippen molar-refractivity contribution in [3.05, 3.63) is 53.6 Å². The van der Waals surface area contributed by atoms with Crippen LogP contribution < -0.4 is 19.6 Å². The molecule has 1 N–H and O–H groups in total. The monoisotopic (exact) mass is 356 g/mol. The highest BCUT2D eigenvalue weighted by Crippen LogP contribution is 2.22. The van der Waals surface area contributed by atoms with Gasteiger partial charge >= 0.3 is 0 Å². The minimum absolute atomic E-state index is 0.117. The van der Waals surface area contributed by atoms with Gasteiger partial charge in [0.1, 0.15) is 17.2 Å². The van der Waals surface area contributed by atoms with Crippen LogP contribution in [-0.4, -0.2) is 32.9 Å². The third-order valence-corrected chi connectivity index (χ3v) is 3.72. The van der Waals surface area contributed by atoms with Crippen LogP contribution in [0.4, 0.5) is 0 Å². The van der Waals surface area contributed by atoms with Crippen molar-refractivity contribution in [3.63, 3.8) is 0 Å². The van der Waals surface area contributed by atoms with Gasteiger partial charge in [-0.3, -0.25) is 4.79 Å². The summed E-state index contributed by atoms with van der Waals surface area (Å²) < 4.78 is 15.9. The van der Waals surface area contributed by atoms with E-state index in [-0.39, 0.29) is 12.5 Å². The fourth-order valence-electron chi connectivity index (χ4n) is 2.26. The Morgan fingerprint density at radius 3 is 2.62 bits per heavy atom. The van der Waals surface area contributed by atoms with Crippen molar-refractivity contribution in [2.75, 3.05) is 20.8 Å². The fraction of sp³-hybridized carbons (Fsp3) is 0.300. The van der Waals surface area contributed by atoms with Crippen molar-refractivity contribution in [2.24, 2.45) is 5.10 Å². The first kappa shape index (κ1) is 19.3. The third-order valence-electron chi connectivity index (χ3n) is 3.72.